The summed E-state index contributed by atoms with van der Waals surface area (Å²) < 4.78 is 4.58. The molecule has 332 valence electrons. The first-order valence-electron chi connectivity index (χ1n) is 24.1. The number of benzene rings is 11. The van der Waals surface area contributed by atoms with Crippen LogP contribution in [0.5, 0.6) is 0 Å². The first kappa shape index (κ1) is 40.9. The summed E-state index contributed by atoms with van der Waals surface area (Å²) in [6.07, 6.45) is 1.89. The second kappa shape index (κ2) is 16.3. The third kappa shape index (κ3) is 6.36. The monoisotopic (exact) mass is 913 g/mol. The van der Waals surface area contributed by atoms with E-state index in [1.54, 1.807) is 0 Å². The molecule has 0 spiro atoms. The smallest absolute Gasteiger partial charge is 0.0991 e. The average Bonchev–Trinajstić information content (AvgIpc) is 3.96. The van der Waals surface area contributed by atoms with Gasteiger partial charge in [-0.2, -0.15) is 10.5 Å². The lowest BCUT2D eigenvalue weighted by atomic mass is 9.83. The van der Waals surface area contributed by atoms with Gasteiger partial charge in [-0.25, -0.2) is 0 Å². The molecule has 0 N–H and O–H groups in total. The minimum absolute atomic E-state index is 0.632. The molecule has 0 unspecified atom stereocenters. The highest BCUT2D eigenvalue weighted by atomic mass is 15.0. The van der Waals surface area contributed by atoms with Crippen molar-refractivity contribution in [2.45, 2.75) is 0 Å². The van der Waals surface area contributed by atoms with Gasteiger partial charge in [0.25, 0.3) is 0 Å². The van der Waals surface area contributed by atoms with E-state index in [0.717, 1.165) is 132 Å². The van der Waals surface area contributed by atoms with Crippen LogP contribution in [-0.4, -0.2) is 14.1 Å². The molecule has 14 aromatic rings. The highest BCUT2D eigenvalue weighted by Gasteiger charge is 2.22. The zero-order valence-corrected chi connectivity index (χ0v) is 38.8. The van der Waals surface area contributed by atoms with Crippen molar-refractivity contribution in [1.82, 2.24) is 14.1 Å². The summed E-state index contributed by atoms with van der Waals surface area (Å²) in [7, 11) is 0. The van der Waals surface area contributed by atoms with Crippen LogP contribution in [0.3, 0.4) is 0 Å². The molecule has 0 bridgehead atoms. The van der Waals surface area contributed by atoms with Crippen LogP contribution in [0.1, 0.15) is 11.1 Å². The molecule has 0 amide bonds. The van der Waals surface area contributed by atoms with Crippen LogP contribution < -0.4 is 0 Å². The SMILES string of the molecule is N#Cc1ccc2c(c1)c1cc(-c3ccc4c(-c5cccc6cccnc56)c5cc(-c6ccc7c(c6)c6cc(C#N)ccc6n7-c6ccccc6)ccc5c(-c5ccccc5)c4c3)ccc1n2-c1ccccc1. The number of nitrogens with zero attached hydrogens (tertiary/aromatic N) is 5. The molecule has 0 radical (unpaired) electrons. The van der Waals surface area contributed by atoms with Gasteiger partial charge >= 0.3 is 0 Å². The lowest BCUT2D eigenvalue weighted by Gasteiger charge is -2.20. The summed E-state index contributed by atoms with van der Waals surface area (Å²) in [5, 5.41) is 29.9. The Morgan fingerprint density at radius 1 is 0.319 bits per heavy atom. The number of para-hydroxylation sites is 3. The van der Waals surface area contributed by atoms with Crippen LogP contribution in [0, 0.1) is 22.7 Å². The molecule has 0 aliphatic carbocycles. The Balaban J connectivity index is 1.03. The predicted octanol–water partition coefficient (Wildman–Crippen LogP) is 17.1. The molecule has 5 nitrogen and oxygen atoms in total. The van der Waals surface area contributed by atoms with E-state index in [1.165, 1.54) is 0 Å². The van der Waals surface area contributed by atoms with Crippen LogP contribution in [0.2, 0.25) is 0 Å². The van der Waals surface area contributed by atoms with Gasteiger partial charge in [0.1, 0.15) is 0 Å². The first-order valence-corrected chi connectivity index (χ1v) is 24.1. The Bertz CT molecular complexity index is 4620. The Kier molecular flexibility index (Phi) is 9.26. The summed E-state index contributed by atoms with van der Waals surface area (Å²) in [5.74, 6) is 0. The quantitative estimate of drug-likeness (QED) is 0.156. The fourth-order valence-electron chi connectivity index (χ4n) is 11.4. The molecule has 3 aromatic heterocycles. The molecule has 3 heterocycles. The van der Waals surface area contributed by atoms with Crippen molar-refractivity contribution in [2.75, 3.05) is 0 Å². The normalized spacial score (nSPS) is 11.6. The summed E-state index contributed by atoms with van der Waals surface area (Å²) in [4.78, 5) is 5.04. The van der Waals surface area contributed by atoms with E-state index in [9.17, 15) is 10.5 Å². The molecule has 0 saturated heterocycles. The van der Waals surface area contributed by atoms with Crippen LogP contribution in [0.4, 0.5) is 0 Å². The largest absolute Gasteiger partial charge is 0.309 e. The molecule has 14 rings (SSSR count). The van der Waals surface area contributed by atoms with Crippen molar-refractivity contribution in [1.29, 1.82) is 10.5 Å². The Labute approximate surface area is 414 Å². The summed E-state index contributed by atoms with van der Waals surface area (Å²) in [6.45, 7) is 0. The maximum atomic E-state index is 10.0. The number of rotatable bonds is 6. The van der Waals surface area contributed by atoms with Crippen LogP contribution in [-0.2, 0) is 0 Å². The molecule has 11 aromatic carbocycles. The van der Waals surface area contributed by atoms with Gasteiger partial charge < -0.3 is 9.13 Å². The zero-order chi connectivity index (χ0) is 47.9. The van der Waals surface area contributed by atoms with E-state index in [1.807, 2.05) is 48.7 Å². The van der Waals surface area contributed by atoms with Crippen molar-refractivity contribution in [3.8, 4) is 68.0 Å². The molecule has 72 heavy (non-hydrogen) atoms. The minimum atomic E-state index is 0.632. The van der Waals surface area contributed by atoms with Crippen molar-refractivity contribution in [3.05, 3.63) is 248 Å². The van der Waals surface area contributed by atoms with Gasteiger partial charge in [0, 0.05) is 50.1 Å². The Morgan fingerprint density at radius 2 is 0.750 bits per heavy atom. The van der Waals surface area contributed by atoms with Crippen LogP contribution in [0.15, 0.2) is 237 Å². The lowest BCUT2D eigenvalue weighted by molar-refractivity contribution is 1.18. The van der Waals surface area contributed by atoms with Gasteiger partial charge in [0.15, 0.2) is 0 Å². The van der Waals surface area contributed by atoms with Gasteiger partial charge in [-0.15, -0.1) is 0 Å². The Hall–Kier alpha value is -10.1. The number of fused-ring (bicyclic) bond motifs is 9. The molecular weight excluding hydrogens is 875 g/mol. The number of nitriles is 2. The van der Waals surface area contributed by atoms with Gasteiger partial charge in [0.2, 0.25) is 0 Å². The fourth-order valence-corrected chi connectivity index (χ4v) is 11.4. The summed E-state index contributed by atoms with van der Waals surface area (Å²) in [6, 6.07) is 86.4. The molecule has 0 atom stereocenters. The number of hydrogen-bond donors (Lipinski definition) is 0. The molecule has 5 heteroatoms. The maximum absolute atomic E-state index is 10.0. The zero-order valence-electron chi connectivity index (χ0n) is 38.8. The highest BCUT2D eigenvalue weighted by Crippen LogP contribution is 2.48. The molecule has 0 aliphatic heterocycles. The number of pyridine rings is 1. The van der Waals surface area contributed by atoms with E-state index in [4.69, 9.17) is 4.98 Å². The van der Waals surface area contributed by atoms with Gasteiger partial charge in [-0.3, -0.25) is 4.98 Å². The summed E-state index contributed by atoms with van der Waals surface area (Å²) in [5.41, 5.74) is 17.5. The lowest BCUT2D eigenvalue weighted by Crippen LogP contribution is -1.94. The Morgan fingerprint density at radius 3 is 1.28 bits per heavy atom. The van der Waals surface area contributed by atoms with Gasteiger partial charge in [-0.05, 0) is 164 Å². The van der Waals surface area contributed by atoms with E-state index in [0.29, 0.717) is 11.1 Å². The van der Waals surface area contributed by atoms with Crippen molar-refractivity contribution in [3.63, 3.8) is 0 Å². The van der Waals surface area contributed by atoms with E-state index >= 15 is 0 Å². The number of aromatic nitrogens is 3. The second-order valence-corrected chi connectivity index (χ2v) is 18.5. The van der Waals surface area contributed by atoms with Crippen molar-refractivity contribution < 1.29 is 0 Å². The average molecular weight is 914 g/mol. The van der Waals surface area contributed by atoms with Gasteiger partial charge in [0.05, 0.1) is 50.8 Å². The summed E-state index contributed by atoms with van der Waals surface area (Å²) >= 11 is 0. The topological polar surface area (TPSA) is 70.3 Å². The number of hydrogen-bond acceptors (Lipinski definition) is 3. The molecular formula is C67H39N5. The molecule has 0 saturated carbocycles. The van der Waals surface area contributed by atoms with E-state index in [2.05, 4.69) is 209 Å². The predicted molar refractivity (Wildman–Crippen MR) is 297 cm³/mol. The fraction of sp³-hybridized carbons (Fsp3) is 0. The highest BCUT2D eigenvalue weighted by molar-refractivity contribution is 6.24. The van der Waals surface area contributed by atoms with Crippen molar-refractivity contribution >= 4 is 76.1 Å². The third-order valence-electron chi connectivity index (χ3n) is 14.6. The minimum Gasteiger partial charge on any atom is -0.309 e. The molecule has 0 aliphatic rings. The van der Waals surface area contributed by atoms with Crippen molar-refractivity contribution in [2.24, 2.45) is 0 Å². The van der Waals surface area contributed by atoms with E-state index in [-0.39, 0.29) is 0 Å². The second-order valence-electron chi connectivity index (χ2n) is 18.5. The van der Waals surface area contributed by atoms with Crippen LogP contribution in [0.25, 0.3) is 132 Å². The third-order valence-corrected chi connectivity index (χ3v) is 14.6. The standard InChI is InChI=1S/C67H39N5/c68-40-42-21-29-61-55(34-42)57-36-48(25-31-63(57)71(61)50-16-6-2-7-17-50)46-24-28-53-59(38-46)65(44-12-4-1-5-13-44)52-27-23-47(39-60(52)66(53)54-20-10-14-45-15-11-33-70-67(45)54)49-26-32-64-58(37-49)56-35-43(41-69)22-30-62(56)72(64)51-18-8-3-9-19-51/h1-39H. The van der Waals surface area contributed by atoms with Gasteiger partial charge in [-0.1, -0.05) is 127 Å². The maximum Gasteiger partial charge on any atom is 0.0991 e. The first-order chi connectivity index (χ1) is 35.6. The van der Waals surface area contributed by atoms with E-state index < -0.39 is 0 Å². The molecule has 0 fully saturated rings. The van der Waals surface area contributed by atoms with Crippen LogP contribution >= 0.6 is 0 Å².